The zero-order valence-corrected chi connectivity index (χ0v) is 14.9. The third-order valence-corrected chi connectivity index (χ3v) is 6.15. The molecule has 0 radical (unpaired) electrons. The van der Waals surface area contributed by atoms with E-state index in [1.54, 1.807) is 18.2 Å². The third kappa shape index (κ3) is 5.27. The molecule has 1 heterocycles. The van der Waals surface area contributed by atoms with Crippen LogP contribution in [0.3, 0.4) is 0 Å². The van der Waals surface area contributed by atoms with Gasteiger partial charge < -0.3 is 10.4 Å². The van der Waals surface area contributed by atoms with Crippen molar-refractivity contribution in [1.82, 2.24) is 9.62 Å². The summed E-state index contributed by atoms with van der Waals surface area (Å²) in [6.45, 7) is 0.677. The standard InChI is InChI=1S/C17H24N2O5S/c20-16(21)11-4-6-12-18-17(22)15-10-5-7-13-19(15)25(23,24)14-8-2-1-3-9-14/h1-3,8-9,15H,4-7,10-13H2,(H,18,22)(H,20,21). The number of nitrogens with one attached hydrogen (secondary N) is 1. The van der Waals surface area contributed by atoms with Gasteiger partial charge in [-0.2, -0.15) is 4.31 Å². The Morgan fingerprint density at radius 2 is 1.88 bits per heavy atom. The number of carbonyl (C=O) groups is 2. The summed E-state index contributed by atoms with van der Waals surface area (Å²) >= 11 is 0. The quantitative estimate of drug-likeness (QED) is 0.678. The molecule has 1 unspecified atom stereocenters. The van der Waals surface area contributed by atoms with Crippen LogP contribution in [0.5, 0.6) is 0 Å². The molecule has 0 spiro atoms. The molecule has 1 aromatic carbocycles. The van der Waals surface area contributed by atoms with E-state index in [-0.39, 0.29) is 17.2 Å². The van der Waals surface area contributed by atoms with Gasteiger partial charge in [0.25, 0.3) is 0 Å². The van der Waals surface area contributed by atoms with Gasteiger partial charge in [0.05, 0.1) is 4.90 Å². The van der Waals surface area contributed by atoms with Gasteiger partial charge in [-0.05, 0) is 37.8 Å². The van der Waals surface area contributed by atoms with Crippen molar-refractivity contribution in [3.63, 3.8) is 0 Å². The fourth-order valence-corrected chi connectivity index (χ4v) is 4.59. The van der Waals surface area contributed by atoms with E-state index in [2.05, 4.69) is 5.32 Å². The maximum Gasteiger partial charge on any atom is 0.303 e. The highest BCUT2D eigenvalue weighted by atomic mass is 32.2. The lowest BCUT2D eigenvalue weighted by Gasteiger charge is -2.33. The summed E-state index contributed by atoms with van der Waals surface area (Å²) in [5, 5.41) is 11.3. The zero-order valence-electron chi connectivity index (χ0n) is 14.1. The van der Waals surface area contributed by atoms with Crippen LogP contribution in [0.25, 0.3) is 0 Å². The summed E-state index contributed by atoms with van der Waals surface area (Å²) < 4.78 is 27.0. The number of carboxylic acid groups (broad SMARTS) is 1. The maximum absolute atomic E-state index is 12.8. The van der Waals surface area contributed by atoms with Crippen molar-refractivity contribution in [2.45, 2.75) is 49.5 Å². The highest BCUT2D eigenvalue weighted by molar-refractivity contribution is 7.89. The van der Waals surface area contributed by atoms with Crippen LogP contribution in [-0.4, -0.2) is 48.8 Å². The molecule has 2 N–H and O–H groups in total. The second kappa shape index (κ2) is 8.96. The molecular formula is C17H24N2O5S. The summed E-state index contributed by atoms with van der Waals surface area (Å²) in [6.07, 6.45) is 3.12. The molecule has 1 aliphatic heterocycles. The number of rotatable bonds is 8. The number of aliphatic carboxylic acids is 1. The number of carbonyl (C=O) groups excluding carboxylic acids is 1. The Labute approximate surface area is 148 Å². The number of carboxylic acids is 1. The molecule has 0 saturated carbocycles. The van der Waals surface area contributed by atoms with Crippen molar-refractivity contribution in [1.29, 1.82) is 0 Å². The molecule has 1 aliphatic rings. The Balaban J connectivity index is 2.00. The van der Waals surface area contributed by atoms with Crippen LogP contribution >= 0.6 is 0 Å². The minimum Gasteiger partial charge on any atom is -0.481 e. The first-order chi connectivity index (χ1) is 11.9. The molecule has 138 valence electrons. The van der Waals surface area contributed by atoms with Gasteiger partial charge in [0.2, 0.25) is 15.9 Å². The van der Waals surface area contributed by atoms with E-state index < -0.39 is 22.0 Å². The first kappa shape index (κ1) is 19.4. The van der Waals surface area contributed by atoms with E-state index in [0.717, 1.165) is 12.8 Å². The number of nitrogens with zero attached hydrogens (tertiary/aromatic N) is 1. The molecule has 0 bridgehead atoms. The van der Waals surface area contributed by atoms with Crippen LogP contribution in [0.2, 0.25) is 0 Å². The van der Waals surface area contributed by atoms with Crippen molar-refractivity contribution < 1.29 is 23.1 Å². The molecule has 1 aromatic rings. The first-order valence-corrected chi connectivity index (χ1v) is 9.93. The van der Waals surface area contributed by atoms with E-state index in [4.69, 9.17) is 5.11 Å². The number of benzene rings is 1. The summed E-state index contributed by atoms with van der Waals surface area (Å²) in [7, 11) is -3.71. The van der Waals surface area contributed by atoms with Crippen molar-refractivity contribution in [3.05, 3.63) is 30.3 Å². The molecule has 8 heteroatoms. The largest absolute Gasteiger partial charge is 0.481 e. The Hall–Kier alpha value is -1.93. The monoisotopic (exact) mass is 368 g/mol. The minimum absolute atomic E-state index is 0.0633. The van der Waals surface area contributed by atoms with E-state index >= 15 is 0 Å². The number of hydrogen-bond acceptors (Lipinski definition) is 4. The number of piperidine rings is 1. The molecule has 2 rings (SSSR count). The number of sulfonamides is 1. The van der Waals surface area contributed by atoms with Gasteiger partial charge in [0.15, 0.2) is 0 Å². The lowest BCUT2D eigenvalue weighted by atomic mass is 10.0. The van der Waals surface area contributed by atoms with Crippen molar-refractivity contribution in [3.8, 4) is 0 Å². The van der Waals surface area contributed by atoms with E-state index in [1.165, 1.54) is 16.4 Å². The molecule has 25 heavy (non-hydrogen) atoms. The van der Waals surface area contributed by atoms with Gasteiger partial charge in [-0.3, -0.25) is 9.59 Å². The van der Waals surface area contributed by atoms with Crippen LogP contribution in [0, 0.1) is 0 Å². The number of unbranched alkanes of at least 4 members (excludes halogenated alkanes) is 1. The predicted octanol–water partition coefficient (Wildman–Crippen LogP) is 1.60. The van der Waals surface area contributed by atoms with E-state index in [9.17, 15) is 18.0 Å². The molecule has 1 atom stereocenters. The first-order valence-electron chi connectivity index (χ1n) is 8.49. The van der Waals surface area contributed by atoms with Gasteiger partial charge in [0.1, 0.15) is 6.04 Å². The van der Waals surface area contributed by atoms with E-state index in [0.29, 0.717) is 32.4 Å². The predicted molar refractivity (Wildman–Crippen MR) is 92.5 cm³/mol. The van der Waals surface area contributed by atoms with E-state index in [1.807, 2.05) is 0 Å². The van der Waals surface area contributed by atoms with Crippen molar-refractivity contribution in [2.75, 3.05) is 13.1 Å². The number of hydrogen-bond donors (Lipinski definition) is 2. The molecule has 7 nitrogen and oxygen atoms in total. The fourth-order valence-electron chi connectivity index (χ4n) is 2.91. The summed E-state index contributed by atoms with van der Waals surface area (Å²) in [6, 6.07) is 7.42. The Morgan fingerprint density at radius 1 is 1.16 bits per heavy atom. The normalized spacial score (nSPS) is 18.6. The SMILES string of the molecule is O=C(O)CCCCNC(=O)C1CCCCN1S(=O)(=O)c1ccccc1. The summed E-state index contributed by atoms with van der Waals surface area (Å²) in [5.74, 6) is -1.17. The van der Waals surface area contributed by atoms with Crippen LogP contribution in [0.1, 0.15) is 38.5 Å². The average molecular weight is 368 g/mol. The van der Waals surface area contributed by atoms with Gasteiger partial charge in [-0.1, -0.05) is 24.6 Å². The fraction of sp³-hybridized carbons (Fsp3) is 0.529. The minimum atomic E-state index is -3.71. The zero-order chi connectivity index (χ0) is 18.3. The Morgan fingerprint density at radius 3 is 2.56 bits per heavy atom. The summed E-state index contributed by atoms with van der Waals surface area (Å²) in [5.41, 5.74) is 0. The molecule has 0 aliphatic carbocycles. The summed E-state index contributed by atoms with van der Waals surface area (Å²) in [4.78, 5) is 23.1. The highest BCUT2D eigenvalue weighted by Crippen LogP contribution is 2.25. The van der Waals surface area contributed by atoms with Crippen molar-refractivity contribution in [2.24, 2.45) is 0 Å². The molecule has 1 fully saturated rings. The average Bonchev–Trinajstić information content (AvgIpc) is 2.61. The van der Waals surface area contributed by atoms with Crippen LogP contribution < -0.4 is 5.32 Å². The van der Waals surface area contributed by atoms with Crippen LogP contribution in [-0.2, 0) is 19.6 Å². The second-order valence-corrected chi connectivity index (χ2v) is 7.97. The topological polar surface area (TPSA) is 104 Å². The lowest BCUT2D eigenvalue weighted by Crippen LogP contribution is -2.51. The molecule has 1 amide bonds. The smallest absolute Gasteiger partial charge is 0.303 e. The maximum atomic E-state index is 12.8. The van der Waals surface area contributed by atoms with Gasteiger partial charge in [0, 0.05) is 19.5 Å². The second-order valence-electron chi connectivity index (χ2n) is 6.08. The van der Waals surface area contributed by atoms with Crippen LogP contribution in [0.4, 0.5) is 0 Å². The number of amides is 1. The molecule has 0 aromatic heterocycles. The Kier molecular flexibility index (Phi) is 6.95. The van der Waals surface area contributed by atoms with Gasteiger partial charge in [-0.25, -0.2) is 8.42 Å². The van der Waals surface area contributed by atoms with Gasteiger partial charge in [-0.15, -0.1) is 0 Å². The third-order valence-electron chi connectivity index (χ3n) is 4.22. The molecular weight excluding hydrogens is 344 g/mol. The van der Waals surface area contributed by atoms with Crippen molar-refractivity contribution >= 4 is 21.9 Å². The highest BCUT2D eigenvalue weighted by Gasteiger charge is 2.37. The van der Waals surface area contributed by atoms with Gasteiger partial charge >= 0.3 is 5.97 Å². The Bertz CT molecular complexity index is 690. The molecule has 1 saturated heterocycles. The lowest BCUT2D eigenvalue weighted by molar-refractivity contribution is -0.137. The van der Waals surface area contributed by atoms with Crippen LogP contribution in [0.15, 0.2) is 35.2 Å².